The first-order valence-electron chi connectivity index (χ1n) is 7.20. The second-order valence-electron chi connectivity index (χ2n) is 5.39. The molecule has 2 aromatic rings. The van der Waals surface area contributed by atoms with Crippen LogP contribution in [0.5, 0.6) is 12.0 Å². The Morgan fingerprint density at radius 3 is 2.57 bits per heavy atom. The highest BCUT2D eigenvalue weighted by molar-refractivity contribution is 7.13. The zero-order valence-corrected chi connectivity index (χ0v) is 14.3. The van der Waals surface area contributed by atoms with Gasteiger partial charge in [0.25, 0.3) is 5.91 Å². The fraction of sp³-hybridized carbons (Fsp3) is 0.500. The molecule has 0 aromatic carbocycles. The second kappa shape index (κ2) is 7.82. The van der Waals surface area contributed by atoms with Crippen LogP contribution in [0, 0.1) is 5.92 Å². The number of nitrogens with zero attached hydrogens (tertiary/aromatic N) is 4. The summed E-state index contributed by atoms with van der Waals surface area (Å²) in [6, 6.07) is 0.117. The van der Waals surface area contributed by atoms with Gasteiger partial charge in [-0.15, -0.1) is 16.3 Å². The van der Waals surface area contributed by atoms with E-state index in [0.29, 0.717) is 17.7 Å². The van der Waals surface area contributed by atoms with Crippen molar-refractivity contribution in [2.75, 3.05) is 11.9 Å². The molecule has 0 unspecified atom stereocenters. The average Bonchev–Trinajstić information content (AvgIpc) is 2.97. The summed E-state index contributed by atoms with van der Waals surface area (Å²) in [6.45, 7) is 8.12. The molecule has 0 atom stereocenters. The zero-order valence-electron chi connectivity index (χ0n) is 13.4. The molecule has 8 nitrogen and oxygen atoms in total. The van der Waals surface area contributed by atoms with E-state index in [1.54, 1.807) is 11.6 Å². The summed E-state index contributed by atoms with van der Waals surface area (Å²) in [5.41, 5.74) is 0. The maximum absolute atomic E-state index is 12.2. The van der Waals surface area contributed by atoms with Crippen molar-refractivity contribution in [2.45, 2.75) is 33.8 Å². The molecule has 0 aliphatic heterocycles. The third-order valence-electron chi connectivity index (χ3n) is 2.34. The first kappa shape index (κ1) is 17.1. The molecule has 0 bridgehead atoms. The monoisotopic (exact) mass is 337 g/mol. The maximum atomic E-state index is 12.2. The van der Waals surface area contributed by atoms with E-state index in [1.165, 1.54) is 11.3 Å². The quantitative estimate of drug-likeness (QED) is 0.828. The van der Waals surface area contributed by atoms with Crippen LogP contribution in [0.2, 0.25) is 0 Å². The molecule has 0 aliphatic carbocycles. The number of hydrogen-bond acceptors (Lipinski definition) is 8. The van der Waals surface area contributed by atoms with Crippen LogP contribution in [-0.4, -0.2) is 38.6 Å². The number of anilines is 1. The summed E-state index contributed by atoms with van der Waals surface area (Å²) in [5.74, 6) is -0.274. The predicted octanol–water partition coefficient (Wildman–Crippen LogP) is 2.40. The van der Waals surface area contributed by atoms with Gasteiger partial charge in [0.2, 0.25) is 5.82 Å². The van der Waals surface area contributed by atoms with E-state index < -0.39 is 5.91 Å². The molecule has 0 saturated heterocycles. The molecule has 0 spiro atoms. The molecule has 0 radical (unpaired) electrons. The Morgan fingerprint density at radius 1 is 1.22 bits per heavy atom. The van der Waals surface area contributed by atoms with Gasteiger partial charge in [-0.05, 0) is 19.8 Å². The Balaban J connectivity index is 2.21. The smallest absolute Gasteiger partial charge is 0.323 e. The number of nitrogens with one attached hydrogen (secondary N) is 1. The Bertz CT molecular complexity index is 646. The van der Waals surface area contributed by atoms with Crippen molar-refractivity contribution in [3.8, 4) is 12.0 Å². The van der Waals surface area contributed by atoms with Crippen LogP contribution < -0.4 is 14.8 Å². The van der Waals surface area contributed by atoms with Gasteiger partial charge in [0, 0.05) is 11.6 Å². The van der Waals surface area contributed by atoms with Crippen LogP contribution in [0.3, 0.4) is 0 Å². The van der Waals surface area contributed by atoms with Gasteiger partial charge < -0.3 is 9.47 Å². The topological polar surface area (TPSA) is 99.1 Å². The summed E-state index contributed by atoms with van der Waals surface area (Å²) in [4.78, 5) is 28.3. The fourth-order valence-electron chi connectivity index (χ4n) is 1.45. The lowest BCUT2D eigenvalue weighted by Gasteiger charge is -2.11. The van der Waals surface area contributed by atoms with E-state index in [1.807, 2.05) is 27.7 Å². The lowest BCUT2D eigenvalue weighted by molar-refractivity contribution is 0.101. The third kappa shape index (κ3) is 5.44. The molecule has 2 heterocycles. The summed E-state index contributed by atoms with van der Waals surface area (Å²) in [7, 11) is 0. The van der Waals surface area contributed by atoms with Crippen molar-refractivity contribution in [1.82, 2.24) is 19.9 Å². The minimum Gasteiger partial charge on any atom is -0.463 e. The van der Waals surface area contributed by atoms with Crippen molar-refractivity contribution < 1.29 is 14.3 Å². The van der Waals surface area contributed by atoms with Crippen molar-refractivity contribution in [1.29, 1.82) is 0 Å². The standard InChI is InChI=1S/C14H19N5O3S/c1-8(2)7-21-12-16-10(17-13(19-12)22-9(3)4)11(20)18-14-15-5-6-23-14/h5-6,8-9H,7H2,1-4H3,(H,15,18,20). The number of carbonyl (C=O) groups excluding carboxylic acids is 1. The van der Waals surface area contributed by atoms with Crippen molar-refractivity contribution in [2.24, 2.45) is 5.92 Å². The van der Waals surface area contributed by atoms with Gasteiger partial charge in [0.1, 0.15) is 0 Å². The molecular formula is C14H19N5O3S. The highest BCUT2D eigenvalue weighted by Gasteiger charge is 2.17. The number of amides is 1. The molecule has 2 aromatic heterocycles. The van der Waals surface area contributed by atoms with Gasteiger partial charge in [0.05, 0.1) is 12.7 Å². The molecule has 23 heavy (non-hydrogen) atoms. The first-order chi connectivity index (χ1) is 10.9. The maximum Gasteiger partial charge on any atom is 0.323 e. The highest BCUT2D eigenvalue weighted by atomic mass is 32.1. The minimum absolute atomic E-state index is 0.0537. The molecule has 0 fully saturated rings. The SMILES string of the molecule is CC(C)COc1nc(OC(C)C)nc(C(=O)Nc2nccs2)n1. The summed E-state index contributed by atoms with van der Waals surface area (Å²) >= 11 is 1.30. The first-order valence-corrected chi connectivity index (χ1v) is 8.08. The fourth-order valence-corrected chi connectivity index (χ4v) is 1.97. The van der Waals surface area contributed by atoms with Crippen LogP contribution in [0.15, 0.2) is 11.6 Å². The molecule has 2 rings (SSSR count). The lowest BCUT2D eigenvalue weighted by atomic mass is 10.2. The molecule has 9 heteroatoms. The van der Waals surface area contributed by atoms with Gasteiger partial charge in [0.15, 0.2) is 5.13 Å². The molecule has 0 saturated carbocycles. The Kier molecular flexibility index (Phi) is 5.80. The largest absolute Gasteiger partial charge is 0.463 e. The van der Waals surface area contributed by atoms with E-state index in [4.69, 9.17) is 9.47 Å². The normalized spacial score (nSPS) is 10.9. The number of carbonyl (C=O) groups is 1. The van der Waals surface area contributed by atoms with Crippen LogP contribution in [0.25, 0.3) is 0 Å². The van der Waals surface area contributed by atoms with Crippen molar-refractivity contribution >= 4 is 22.4 Å². The number of ether oxygens (including phenoxy) is 2. The molecule has 1 amide bonds. The summed E-state index contributed by atoms with van der Waals surface area (Å²) in [6.07, 6.45) is 1.46. The highest BCUT2D eigenvalue weighted by Crippen LogP contribution is 2.15. The Labute approximate surface area is 138 Å². The van der Waals surface area contributed by atoms with Crippen molar-refractivity contribution in [3.05, 3.63) is 17.4 Å². The van der Waals surface area contributed by atoms with Crippen LogP contribution in [0.4, 0.5) is 5.13 Å². The van der Waals surface area contributed by atoms with E-state index in [9.17, 15) is 4.79 Å². The van der Waals surface area contributed by atoms with Gasteiger partial charge in [-0.25, -0.2) is 4.98 Å². The van der Waals surface area contributed by atoms with Crippen molar-refractivity contribution in [3.63, 3.8) is 0 Å². The Hall–Kier alpha value is -2.29. The van der Waals surface area contributed by atoms with Gasteiger partial charge in [-0.1, -0.05) is 13.8 Å². The van der Waals surface area contributed by atoms with E-state index in [-0.39, 0.29) is 23.9 Å². The number of thiazole rings is 1. The predicted molar refractivity (Wildman–Crippen MR) is 86.0 cm³/mol. The minimum atomic E-state index is -0.495. The Morgan fingerprint density at radius 2 is 1.96 bits per heavy atom. The zero-order chi connectivity index (χ0) is 16.8. The summed E-state index contributed by atoms with van der Waals surface area (Å²) in [5, 5.41) is 4.84. The number of aromatic nitrogens is 4. The molecule has 124 valence electrons. The van der Waals surface area contributed by atoms with E-state index >= 15 is 0 Å². The van der Waals surface area contributed by atoms with Crippen LogP contribution in [0.1, 0.15) is 38.3 Å². The van der Waals surface area contributed by atoms with Crippen LogP contribution in [-0.2, 0) is 0 Å². The average molecular weight is 337 g/mol. The molecule has 1 N–H and O–H groups in total. The number of rotatable bonds is 7. The lowest BCUT2D eigenvalue weighted by Crippen LogP contribution is -2.19. The number of hydrogen-bond donors (Lipinski definition) is 1. The van der Waals surface area contributed by atoms with Gasteiger partial charge in [-0.2, -0.15) is 9.97 Å². The van der Waals surface area contributed by atoms with E-state index in [0.717, 1.165) is 0 Å². The van der Waals surface area contributed by atoms with Gasteiger partial charge in [-0.3, -0.25) is 10.1 Å². The molecule has 0 aliphatic rings. The van der Waals surface area contributed by atoms with E-state index in [2.05, 4.69) is 25.3 Å². The van der Waals surface area contributed by atoms with Gasteiger partial charge >= 0.3 is 12.0 Å². The third-order valence-corrected chi connectivity index (χ3v) is 3.03. The second-order valence-corrected chi connectivity index (χ2v) is 6.28. The van der Waals surface area contributed by atoms with Crippen LogP contribution >= 0.6 is 11.3 Å². The summed E-state index contributed by atoms with van der Waals surface area (Å²) < 4.78 is 10.9. The molecular weight excluding hydrogens is 318 g/mol.